The number of unbranched alkanes of at least 4 members (excludes halogenated alkanes) is 1. The van der Waals surface area contributed by atoms with Gasteiger partial charge in [0.2, 0.25) is 0 Å². The fraction of sp³-hybridized carbons (Fsp3) is 0.471. The summed E-state index contributed by atoms with van der Waals surface area (Å²) in [5, 5.41) is -0.316. The summed E-state index contributed by atoms with van der Waals surface area (Å²) in [5.41, 5.74) is 3.36. The maximum atomic E-state index is 11.9. The third-order valence-electron chi connectivity index (χ3n) is 3.64. The molecule has 0 aliphatic heterocycles. The Labute approximate surface area is 120 Å². The Morgan fingerprint density at radius 1 is 1.32 bits per heavy atom. The van der Waals surface area contributed by atoms with E-state index in [2.05, 4.69) is 31.2 Å². The molecule has 1 saturated carbocycles. The van der Waals surface area contributed by atoms with E-state index in [0.29, 0.717) is 0 Å². The molecule has 1 aromatic carbocycles. The number of benzene rings is 1. The van der Waals surface area contributed by atoms with Gasteiger partial charge in [0, 0.05) is 0 Å². The molecular weight excluding hydrogens is 256 g/mol. The van der Waals surface area contributed by atoms with E-state index in [1.54, 1.807) is 0 Å². The van der Waals surface area contributed by atoms with Gasteiger partial charge in [0.25, 0.3) is 0 Å². The first-order valence-corrected chi connectivity index (χ1v) is 7.62. The van der Waals surface area contributed by atoms with E-state index >= 15 is 0 Å². The second-order valence-corrected chi connectivity index (χ2v) is 5.77. The molecule has 0 saturated heterocycles. The van der Waals surface area contributed by atoms with Crippen LogP contribution in [0.15, 0.2) is 29.8 Å². The third kappa shape index (κ3) is 3.94. The molecule has 0 N–H and O–H groups in total. The highest BCUT2D eigenvalue weighted by molar-refractivity contribution is 6.34. The number of hydrogen-bond acceptors (Lipinski definition) is 1. The largest absolute Gasteiger partial charge is 0.293 e. The molecule has 102 valence electrons. The fourth-order valence-corrected chi connectivity index (χ4v) is 2.73. The van der Waals surface area contributed by atoms with Gasteiger partial charge in [-0.25, -0.2) is 0 Å². The van der Waals surface area contributed by atoms with E-state index in [9.17, 15) is 4.79 Å². The van der Waals surface area contributed by atoms with E-state index in [1.165, 1.54) is 18.4 Å². The van der Waals surface area contributed by atoms with Crippen LogP contribution in [0.4, 0.5) is 0 Å². The van der Waals surface area contributed by atoms with Crippen LogP contribution in [0.3, 0.4) is 0 Å². The van der Waals surface area contributed by atoms with Crippen LogP contribution in [-0.4, -0.2) is 11.2 Å². The monoisotopic (exact) mass is 276 g/mol. The summed E-state index contributed by atoms with van der Waals surface area (Å²) in [6.07, 6.45) is 8.27. The predicted octanol–water partition coefficient (Wildman–Crippen LogP) is 4.77. The maximum Gasteiger partial charge on any atom is 0.176 e. The number of carbonyl (C=O) groups is 1. The number of alkyl halides is 1. The number of allylic oxidation sites excluding steroid dienone is 1. The van der Waals surface area contributed by atoms with Gasteiger partial charge in [-0.15, -0.1) is 11.6 Å². The van der Waals surface area contributed by atoms with Gasteiger partial charge in [-0.1, -0.05) is 37.6 Å². The van der Waals surface area contributed by atoms with E-state index in [-0.39, 0.29) is 11.2 Å². The lowest BCUT2D eigenvalue weighted by molar-refractivity contribution is -0.116. The minimum atomic E-state index is -0.316. The molecule has 1 aliphatic rings. The minimum Gasteiger partial charge on any atom is -0.293 e. The number of aryl methyl sites for hydroxylation is 1. The summed E-state index contributed by atoms with van der Waals surface area (Å²) >= 11 is 6.02. The topological polar surface area (TPSA) is 17.1 Å². The smallest absolute Gasteiger partial charge is 0.176 e. The van der Waals surface area contributed by atoms with Crippen LogP contribution in [-0.2, 0) is 11.2 Å². The standard InChI is InChI=1S/C17H21ClO/c1-2-3-5-13-8-10-14(11-9-13)12-15-6-4-7-16(18)17(15)19/h8-12,16H,2-7H2,1H3. The number of Topliss-reactive ketones (excluding diaryl/α,β-unsaturated/α-hetero) is 1. The van der Waals surface area contributed by atoms with E-state index in [1.807, 2.05) is 6.08 Å². The van der Waals surface area contributed by atoms with E-state index in [0.717, 1.165) is 36.8 Å². The molecule has 1 fully saturated rings. The highest BCUT2D eigenvalue weighted by Crippen LogP contribution is 2.26. The molecule has 1 aliphatic carbocycles. The summed E-state index contributed by atoms with van der Waals surface area (Å²) in [6, 6.07) is 8.52. The minimum absolute atomic E-state index is 0.114. The van der Waals surface area contributed by atoms with Crippen molar-refractivity contribution in [2.45, 2.75) is 50.8 Å². The molecule has 0 spiro atoms. The summed E-state index contributed by atoms with van der Waals surface area (Å²) in [5.74, 6) is 0.114. The van der Waals surface area contributed by atoms with Crippen LogP contribution in [0.25, 0.3) is 6.08 Å². The highest BCUT2D eigenvalue weighted by atomic mass is 35.5. The van der Waals surface area contributed by atoms with Gasteiger partial charge in [-0.05, 0) is 54.9 Å². The van der Waals surface area contributed by atoms with Crippen LogP contribution >= 0.6 is 11.6 Å². The lowest BCUT2D eigenvalue weighted by atomic mass is 9.91. The molecular formula is C17H21ClO. The number of ketones is 1. The van der Waals surface area contributed by atoms with Gasteiger partial charge in [-0.3, -0.25) is 4.79 Å². The van der Waals surface area contributed by atoms with Crippen LogP contribution in [0, 0.1) is 0 Å². The zero-order valence-corrected chi connectivity index (χ0v) is 12.2. The van der Waals surface area contributed by atoms with Crippen molar-refractivity contribution >= 4 is 23.5 Å². The molecule has 0 radical (unpaired) electrons. The molecule has 0 heterocycles. The number of hydrogen-bond donors (Lipinski definition) is 0. The fourth-order valence-electron chi connectivity index (χ4n) is 2.43. The van der Waals surface area contributed by atoms with Gasteiger partial charge >= 0.3 is 0 Å². The molecule has 0 bridgehead atoms. The normalized spacial score (nSPS) is 21.9. The number of carbonyl (C=O) groups excluding carboxylic acids is 1. The van der Waals surface area contributed by atoms with E-state index < -0.39 is 0 Å². The summed E-state index contributed by atoms with van der Waals surface area (Å²) < 4.78 is 0. The molecule has 2 rings (SSSR count). The molecule has 2 heteroatoms. The van der Waals surface area contributed by atoms with Crippen molar-refractivity contribution in [2.24, 2.45) is 0 Å². The first-order chi connectivity index (χ1) is 9.20. The Kier molecular flexibility index (Phi) is 5.21. The number of halogens is 1. The van der Waals surface area contributed by atoms with Crippen molar-refractivity contribution in [2.75, 3.05) is 0 Å². The Morgan fingerprint density at radius 2 is 2.05 bits per heavy atom. The average Bonchev–Trinajstić information content (AvgIpc) is 2.43. The molecule has 1 nitrogen and oxygen atoms in total. The molecule has 0 aromatic heterocycles. The zero-order chi connectivity index (χ0) is 13.7. The first kappa shape index (κ1) is 14.3. The molecule has 19 heavy (non-hydrogen) atoms. The van der Waals surface area contributed by atoms with Gasteiger partial charge in [0.1, 0.15) is 0 Å². The summed E-state index contributed by atoms with van der Waals surface area (Å²) in [4.78, 5) is 11.9. The van der Waals surface area contributed by atoms with Crippen molar-refractivity contribution in [3.05, 3.63) is 41.0 Å². The second kappa shape index (κ2) is 6.91. The number of rotatable bonds is 4. The van der Waals surface area contributed by atoms with Crippen molar-refractivity contribution in [3.63, 3.8) is 0 Å². The zero-order valence-electron chi connectivity index (χ0n) is 11.5. The quantitative estimate of drug-likeness (QED) is 0.572. The second-order valence-electron chi connectivity index (χ2n) is 5.24. The summed E-state index contributed by atoms with van der Waals surface area (Å²) in [7, 11) is 0. The Hall–Kier alpha value is -1.08. The van der Waals surface area contributed by atoms with Crippen molar-refractivity contribution < 1.29 is 4.79 Å². The van der Waals surface area contributed by atoms with Crippen molar-refractivity contribution in [3.8, 4) is 0 Å². The Balaban J connectivity index is 2.07. The third-order valence-corrected chi connectivity index (χ3v) is 4.06. The van der Waals surface area contributed by atoms with Crippen molar-refractivity contribution in [1.82, 2.24) is 0 Å². The Morgan fingerprint density at radius 3 is 2.74 bits per heavy atom. The molecule has 1 unspecified atom stereocenters. The van der Waals surface area contributed by atoms with Crippen LogP contribution in [0.1, 0.15) is 50.2 Å². The summed E-state index contributed by atoms with van der Waals surface area (Å²) in [6.45, 7) is 2.20. The van der Waals surface area contributed by atoms with Crippen molar-refractivity contribution in [1.29, 1.82) is 0 Å². The maximum absolute atomic E-state index is 11.9. The molecule has 0 amide bonds. The lowest BCUT2D eigenvalue weighted by Crippen LogP contribution is -2.21. The van der Waals surface area contributed by atoms with Crippen LogP contribution in [0.5, 0.6) is 0 Å². The SMILES string of the molecule is CCCCc1ccc(C=C2CCCC(Cl)C2=O)cc1. The van der Waals surface area contributed by atoms with E-state index in [4.69, 9.17) is 11.6 Å². The Bertz CT molecular complexity index is 459. The van der Waals surface area contributed by atoms with Gasteiger partial charge in [0.05, 0.1) is 5.38 Å². The van der Waals surface area contributed by atoms with Crippen LogP contribution < -0.4 is 0 Å². The van der Waals surface area contributed by atoms with Gasteiger partial charge in [-0.2, -0.15) is 0 Å². The molecule has 1 atom stereocenters. The van der Waals surface area contributed by atoms with Gasteiger partial charge in [0.15, 0.2) is 5.78 Å². The highest BCUT2D eigenvalue weighted by Gasteiger charge is 2.23. The predicted molar refractivity (Wildman–Crippen MR) is 81.5 cm³/mol. The first-order valence-electron chi connectivity index (χ1n) is 7.18. The molecule has 1 aromatic rings. The van der Waals surface area contributed by atoms with Crippen LogP contribution in [0.2, 0.25) is 0 Å². The average molecular weight is 277 g/mol. The van der Waals surface area contributed by atoms with Gasteiger partial charge < -0.3 is 0 Å². The lowest BCUT2D eigenvalue weighted by Gasteiger charge is -2.17.